The third-order valence-electron chi connectivity index (χ3n) is 5.18. The zero-order valence-electron chi connectivity index (χ0n) is 15.2. The Bertz CT molecular complexity index is 831. The second-order valence-electron chi connectivity index (χ2n) is 6.95. The summed E-state index contributed by atoms with van der Waals surface area (Å²) in [7, 11) is 0. The molecule has 0 aromatic heterocycles. The lowest BCUT2D eigenvalue weighted by Crippen LogP contribution is -2.40. The maximum Gasteiger partial charge on any atom is 0.0664 e. The monoisotopic (exact) mass is 359 g/mol. The van der Waals surface area contributed by atoms with Gasteiger partial charge in [0, 0.05) is 22.4 Å². The summed E-state index contributed by atoms with van der Waals surface area (Å²) in [5.74, 6) is 0. The number of benzene rings is 3. The summed E-state index contributed by atoms with van der Waals surface area (Å²) >= 11 is 2.05. The molecular formula is C24H25NS. The zero-order chi connectivity index (χ0) is 17.8. The number of anilines is 1. The summed E-state index contributed by atoms with van der Waals surface area (Å²) in [5, 5.41) is 0.549. The largest absolute Gasteiger partial charge is 0.363 e. The first-order valence-corrected chi connectivity index (χ1v) is 10.3. The molecule has 3 aromatic carbocycles. The van der Waals surface area contributed by atoms with E-state index in [0.29, 0.717) is 11.3 Å². The second kappa shape index (κ2) is 8.01. The molecule has 132 valence electrons. The Balaban J connectivity index is 1.71. The third kappa shape index (κ3) is 3.66. The minimum atomic E-state index is 0.400. The summed E-state index contributed by atoms with van der Waals surface area (Å²) in [5.41, 5.74) is 4.12. The van der Waals surface area contributed by atoms with E-state index >= 15 is 0 Å². The zero-order valence-corrected chi connectivity index (χ0v) is 16.0. The predicted octanol–water partition coefficient (Wildman–Crippen LogP) is 6.50. The topological polar surface area (TPSA) is 3.24 Å². The molecule has 1 aliphatic rings. The molecule has 1 heterocycles. The molecule has 4 rings (SSSR count). The van der Waals surface area contributed by atoms with E-state index in [1.807, 2.05) is 0 Å². The highest BCUT2D eigenvalue weighted by atomic mass is 32.2. The predicted molar refractivity (Wildman–Crippen MR) is 113 cm³/mol. The smallest absolute Gasteiger partial charge is 0.0664 e. The molecular weight excluding hydrogens is 334 g/mol. The van der Waals surface area contributed by atoms with Crippen LogP contribution in [0, 0.1) is 6.92 Å². The number of thioether (sulfide) groups is 1. The first kappa shape index (κ1) is 17.2. The fraction of sp³-hybridized carbons (Fsp3) is 0.250. The molecule has 1 fully saturated rings. The van der Waals surface area contributed by atoms with Crippen LogP contribution in [0.3, 0.4) is 0 Å². The summed E-state index contributed by atoms with van der Waals surface area (Å²) in [6, 6.07) is 31.1. The molecule has 0 bridgehead atoms. The molecule has 0 spiro atoms. The minimum absolute atomic E-state index is 0.400. The number of aryl methyl sites for hydroxylation is 1. The van der Waals surface area contributed by atoms with Crippen LogP contribution in [0.2, 0.25) is 0 Å². The van der Waals surface area contributed by atoms with Crippen molar-refractivity contribution in [2.45, 2.75) is 36.0 Å². The van der Waals surface area contributed by atoms with E-state index < -0.39 is 0 Å². The average Bonchev–Trinajstić information content (AvgIpc) is 2.71. The number of nitrogens with zero attached hydrogens (tertiary/aromatic N) is 1. The highest BCUT2D eigenvalue weighted by molar-refractivity contribution is 8.00. The van der Waals surface area contributed by atoms with Crippen LogP contribution in [0.5, 0.6) is 0 Å². The normalized spacial score (nSPS) is 20.1. The fourth-order valence-corrected chi connectivity index (χ4v) is 5.34. The van der Waals surface area contributed by atoms with E-state index in [4.69, 9.17) is 0 Å². The van der Waals surface area contributed by atoms with Crippen molar-refractivity contribution in [3.8, 4) is 0 Å². The summed E-state index contributed by atoms with van der Waals surface area (Å²) in [6.45, 7) is 3.34. The van der Waals surface area contributed by atoms with E-state index in [9.17, 15) is 0 Å². The van der Waals surface area contributed by atoms with Crippen LogP contribution < -0.4 is 4.90 Å². The lowest BCUT2D eigenvalue weighted by molar-refractivity contribution is 0.486. The first-order chi connectivity index (χ1) is 12.8. The fourth-order valence-electron chi connectivity index (χ4n) is 3.89. The Hall–Kier alpha value is -2.19. The van der Waals surface area contributed by atoms with Crippen molar-refractivity contribution < 1.29 is 0 Å². The molecule has 0 N–H and O–H groups in total. The van der Waals surface area contributed by atoms with Crippen LogP contribution >= 0.6 is 11.8 Å². The van der Waals surface area contributed by atoms with Gasteiger partial charge in [-0.05, 0) is 49.1 Å². The van der Waals surface area contributed by atoms with Crippen molar-refractivity contribution in [3.63, 3.8) is 0 Å². The Morgan fingerprint density at radius 2 is 1.46 bits per heavy atom. The molecule has 0 amide bonds. The van der Waals surface area contributed by atoms with Gasteiger partial charge in [-0.2, -0.15) is 0 Å². The maximum atomic E-state index is 2.61. The van der Waals surface area contributed by atoms with Crippen molar-refractivity contribution in [2.75, 3.05) is 11.4 Å². The molecule has 1 saturated heterocycles. The number of hydrogen-bond donors (Lipinski definition) is 0. The van der Waals surface area contributed by atoms with Crippen LogP contribution in [0.25, 0.3) is 0 Å². The Kier molecular flexibility index (Phi) is 5.31. The van der Waals surface area contributed by atoms with Crippen molar-refractivity contribution >= 4 is 17.4 Å². The SMILES string of the molecule is Cc1ccccc1SC1CCCN(c2ccccc2)C1c1ccccc1. The van der Waals surface area contributed by atoms with Crippen molar-refractivity contribution in [1.82, 2.24) is 0 Å². The summed E-state index contributed by atoms with van der Waals surface area (Å²) in [4.78, 5) is 4.02. The molecule has 0 saturated carbocycles. The molecule has 3 aromatic rings. The van der Waals surface area contributed by atoms with Gasteiger partial charge in [0.2, 0.25) is 0 Å². The standard InChI is InChI=1S/C24H25NS/c1-19-11-8-9-16-22(19)26-23-17-10-18-25(21-14-6-3-7-15-21)24(23)20-12-4-2-5-13-20/h2-9,11-16,23-24H,10,17-18H2,1H3. The maximum absolute atomic E-state index is 2.61. The molecule has 0 aliphatic carbocycles. The number of rotatable bonds is 4. The summed E-state index contributed by atoms with van der Waals surface area (Å²) < 4.78 is 0. The highest BCUT2D eigenvalue weighted by Gasteiger charge is 2.33. The average molecular weight is 360 g/mol. The van der Waals surface area contributed by atoms with Crippen LogP contribution in [0.15, 0.2) is 89.8 Å². The molecule has 2 unspecified atom stereocenters. The second-order valence-corrected chi connectivity index (χ2v) is 8.23. The Morgan fingerprint density at radius 1 is 0.808 bits per heavy atom. The van der Waals surface area contributed by atoms with Gasteiger partial charge in [-0.15, -0.1) is 11.8 Å². The van der Waals surface area contributed by atoms with Crippen LogP contribution in [-0.2, 0) is 0 Å². The number of piperidine rings is 1. The minimum Gasteiger partial charge on any atom is -0.363 e. The molecule has 2 atom stereocenters. The van der Waals surface area contributed by atoms with Gasteiger partial charge in [0.15, 0.2) is 0 Å². The van der Waals surface area contributed by atoms with Gasteiger partial charge < -0.3 is 4.90 Å². The number of para-hydroxylation sites is 1. The van der Waals surface area contributed by atoms with Crippen LogP contribution in [0.4, 0.5) is 5.69 Å². The highest BCUT2D eigenvalue weighted by Crippen LogP contribution is 2.44. The summed E-state index contributed by atoms with van der Waals surface area (Å²) in [6.07, 6.45) is 2.49. The molecule has 26 heavy (non-hydrogen) atoms. The quantitative estimate of drug-likeness (QED) is 0.523. The third-order valence-corrected chi connectivity index (χ3v) is 6.68. The van der Waals surface area contributed by atoms with E-state index in [0.717, 1.165) is 6.54 Å². The Labute approximate surface area is 161 Å². The Morgan fingerprint density at radius 3 is 2.19 bits per heavy atom. The van der Waals surface area contributed by atoms with Crippen LogP contribution in [-0.4, -0.2) is 11.8 Å². The van der Waals surface area contributed by atoms with E-state index in [2.05, 4.69) is 109 Å². The van der Waals surface area contributed by atoms with Gasteiger partial charge in [-0.3, -0.25) is 0 Å². The van der Waals surface area contributed by atoms with E-state index in [-0.39, 0.29) is 0 Å². The molecule has 0 radical (unpaired) electrons. The lowest BCUT2D eigenvalue weighted by Gasteiger charge is -2.43. The van der Waals surface area contributed by atoms with Gasteiger partial charge in [-0.25, -0.2) is 0 Å². The van der Waals surface area contributed by atoms with Crippen molar-refractivity contribution in [1.29, 1.82) is 0 Å². The van der Waals surface area contributed by atoms with Crippen molar-refractivity contribution in [3.05, 3.63) is 96.1 Å². The van der Waals surface area contributed by atoms with Gasteiger partial charge in [0.25, 0.3) is 0 Å². The molecule has 1 nitrogen and oxygen atoms in total. The van der Waals surface area contributed by atoms with Gasteiger partial charge >= 0.3 is 0 Å². The molecule has 2 heteroatoms. The van der Waals surface area contributed by atoms with Crippen molar-refractivity contribution in [2.24, 2.45) is 0 Å². The number of hydrogen-bond acceptors (Lipinski definition) is 2. The van der Waals surface area contributed by atoms with Gasteiger partial charge in [0.1, 0.15) is 0 Å². The van der Waals surface area contributed by atoms with E-state index in [1.54, 1.807) is 0 Å². The van der Waals surface area contributed by atoms with Gasteiger partial charge in [0.05, 0.1) is 6.04 Å². The van der Waals surface area contributed by atoms with E-state index in [1.165, 1.54) is 34.6 Å². The first-order valence-electron chi connectivity index (χ1n) is 9.42. The lowest BCUT2D eigenvalue weighted by atomic mass is 9.94. The van der Waals surface area contributed by atoms with Gasteiger partial charge in [-0.1, -0.05) is 66.7 Å². The molecule has 1 aliphatic heterocycles. The van der Waals surface area contributed by atoms with Crippen LogP contribution in [0.1, 0.15) is 30.0 Å².